The third-order valence-corrected chi connectivity index (χ3v) is 14.7. The fourth-order valence-corrected chi connectivity index (χ4v) is 13.1. The van der Waals surface area contributed by atoms with Crippen molar-refractivity contribution >= 4 is 17.9 Å². The van der Waals surface area contributed by atoms with Gasteiger partial charge in [0.05, 0.1) is 18.4 Å². The largest absolute Gasteiger partial charge is 0.463 e. The van der Waals surface area contributed by atoms with Crippen LogP contribution in [0, 0.1) is 82.9 Å². The van der Waals surface area contributed by atoms with E-state index < -0.39 is 12.1 Å². The van der Waals surface area contributed by atoms with Crippen LogP contribution < -0.4 is 0 Å². The normalized spacial score (nSPS) is 50.2. The van der Waals surface area contributed by atoms with Gasteiger partial charge in [-0.05, 0) is 123 Å². The minimum Gasteiger partial charge on any atom is -0.463 e. The van der Waals surface area contributed by atoms with Crippen molar-refractivity contribution in [1.82, 2.24) is 0 Å². The van der Waals surface area contributed by atoms with Crippen LogP contribution in [0.25, 0.3) is 0 Å². The monoisotopic (exact) mass is 616 g/mol. The average molecular weight is 617 g/mol. The van der Waals surface area contributed by atoms with E-state index >= 15 is 0 Å². The van der Waals surface area contributed by atoms with Gasteiger partial charge in [-0.1, -0.05) is 56.9 Å². The van der Waals surface area contributed by atoms with Gasteiger partial charge < -0.3 is 14.2 Å². The van der Waals surface area contributed by atoms with Crippen molar-refractivity contribution in [1.29, 1.82) is 0 Å². The molecule has 6 heteroatoms. The van der Waals surface area contributed by atoms with Crippen molar-refractivity contribution in [3.05, 3.63) is 0 Å². The molecule has 8 rings (SSSR count). The maximum absolute atomic E-state index is 14.0. The number of hydrogen-bond donors (Lipinski definition) is 0. The van der Waals surface area contributed by atoms with Gasteiger partial charge in [0.15, 0.2) is 0 Å². The zero-order valence-corrected chi connectivity index (χ0v) is 24.6. The lowest BCUT2D eigenvalue weighted by Crippen LogP contribution is -2.48. The Bertz CT molecular complexity index is 1090. The Morgan fingerprint density at radius 3 is 2.11 bits per heavy atom. The number of carbonyl (C=O) groups excluding carboxylic acids is 3. The molecule has 252 valence electrons. The van der Waals surface area contributed by atoms with Gasteiger partial charge in [-0.15, -0.1) is 0 Å². The summed E-state index contributed by atoms with van der Waals surface area (Å²) in [5.74, 6) is 6.73. The molecular formula is C38H64O6. The SMILES string of the molecule is C.C.C.C.CCC1(OC(=O)C2CC3CC2C(C2C4CC(C(=O)OC5CCOC5=O)C(C4)C2C)C3C)CC2CC1C1CCCC21. The minimum atomic E-state index is -0.712. The number of esters is 3. The molecular weight excluding hydrogens is 552 g/mol. The van der Waals surface area contributed by atoms with E-state index in [1.807, 2.05) is 0 Å². The van der Waals surface area contributed by atoms with Gasteiger partial charge in [-0.3, -0.25) is 9.59 Å². The molecule has 0 radical (unpaired) electrons. The van der Waals surface area contributed by atoms with Crippen LogP contribution in [0.2, 0.25) is 0 Å². The third kappa shape index (κ3) is 4.88. The molecule has 6 nitrogen and oxygen atoms in total. The predicted molar refractivity (Wildman–Crippen MR) is 173 cm³/mol. The molecule has 0 amide bonds. The summed E-state index contributed by atoms with van der Waals surface area (Å²) in [4.78, 5) is 39.0. The summed E-state index contributed by atoms with van der Waals surface area (Å²) in [5.41, 5.74) is -0.199. The van der Waals surface area contributed by atoms with Crippen LogP contribution in [0.15, 0.2) is 0 Å². The lowest BCUT2D eigenvalue weighted by Gasteiger charge is -2.46. The second-order valence-electron chi connectivity index (χ2n) is 15.7. The molecule has 0 aromatic rings. The van der Waals surface area contributed by atoms with E-state index in [1.54, 1.807) is 0 Å². The number of ether oxygens (including phenoxy) is 3. The van der Waals surface area contributed by atoms with Gasteiger partial charge in [0.1, 0.15) is 5.60 Å². The summed E-state index contributed by atoms with van der Waals surface area (Å²) < 4.78 is 17.4. The zero-order chi connectivity index (χ0) is 27.5. The molecule has 0 aromatic carbocycles. The van der Waals surface area contributed by atoms with E-state index in [0.29, 0.717) is 66.3 Å². The van der Waals surface area contributed by atoms with Crippen LogP contribution in [-0.4, -0.2) is 36.2 Å². The number of cyclic esters (lactones) is 1. The highest BCUT2D eigenvalue weighted by atomic mass is 16.6. The predicted octanol–water partition coefficient (Wildman–Crippen LogP) is 8.35. The van der Waals surface area contributed by atoms with Crippen LogP contribution in [0.3, 0.4) is 0 Å². The van der Waals surface area contributed by atoms with Crippen molar-refractivity contribution in [2.24, 2.45) is 82.9 Å². The van der Waals surface area contributed by atoms with Crippen molar-refractivity contribution in [3.63, 3.8) is 0 Å². The van der Waals surface area contributed by atoms with E-state index in [-0.39, 0.29) is 59.1 Å². The maximum Gasteiger partial charge on any atom is 0.347 e. The summed E-state index contributed by atoms with van der Waals surface area (Å²) >= 11 is 0. The maximum atomic E-state index is 14.0. The molecule has 16 atom stereocenters. The lowest BCUT2D eigenvalue weighted by atomic mass is 9.61. The molecule has 7 aliphatic carbocycles. The molecule has 16 unspecified atom stereocenters. The second kappa shape index (κ2) is 12.5. The second-order valence-corrected chi connectivity index (χ2v) is 15.7. The molecule has 8 aliphatic rings. The fraction of sp³-hybridized carbons (Fsp3) is 0.921. The van der Waals surface area contributed by atoms with Gasteiger partial charge in [-0.25, -0.2) is 4.79 Å². The van der Waals surface area contributed by atoms with Crippen molar-refractivity contribution in [2.45, 2.75) is 133 Å². The number of rotatable bonds is 6. The molecule has 7 saturated carbocycles. The first kappa shape index (κ1) is 35.3. The number of hydrogen-bond acceptors (Lipinski definition) is 6. The van der Waals surface area contributed by atoms with E-state index in [9.17, 15) is 14.4 Å². The van der Waals surface area contributed by atoms with E-state index in [4.69, 9.17) is 14.2 Å². The fourth-order valence-electron chi connectivity index (χ4n) is 13.1. The van der Waals surface area contributed by atoms with E-state index in [0.717, 1.165) is 49.9 Å². The molecule has 8 fully saturated rings. The summed E-state index contributed by atoms with van der Waals surface area (Å²) in [6.07, 6.45) is 11.4. The average Bonchev–Trinajstić information content (AvgIpc) is 3.77. The smallest absolute Gasteiger partial charge is 0.347 e. The first-order valence-corrected chi connectivity index (χ1v) is 16.9. The van der Waals surface area contributed by atoms with Crippen LogP contribution in [0.1, 0.15) is 121 Å². The Morgan fingerprint density at radius 2 is 1.45 bits per heavy atom. The minimum absolute atomic E-state index is 0. The highest BCUT2D eigenvalue weighted by Crippen LogP contribution is 2.68. The summed E-state index contributed by atoms with van der Waals surface area (Å²) in [6.45, 7) is 7.40. The van der Waals surface area contributed by atoms with Gasteiger partial charge in [0.2, 0.25) is 6.10 Å². The Labute approximate surface area is 268 Å². The van der Waals surface area contributed by atoms with Crippen LogP contribution in [0.5, 0.6) is 0 Å². The van der Waals surface area contributed by atoms with Gasteiger partial charge in [0.25, 0.3) is 0 Å². The van der Waals surface area contributed by atoms with Crippen molar-refractivity contribution < 1.29 is 28.6 Å². The van der Waals surface area contributed by atoms with Gasteiger partial charge >= 0.3 is 17.9 Å². The molecule has 0 aromatic heterocycles. The Morgan fingerprint density at radius 1 is 0.773 bits per heavy atom. The van der Waals surface area contributed by atoms with Crippen molar-refractivity contribution in [3.8, 4) is 0 Å². The Hall–Kier alpha value is -1.59. The summed E-state index contributed by atoms with van der Waals surface area (Å²) in [6, 6.07) is 0. The first-order valence-electron chi connectivity index (χ1n) is 16.9. The molecule has 0 N–H and O–H groups in total. The summed E-state index contributed by atoms with van der Waals surface area (Å²) in [5, 5.41) is 0. The van der Waals surface area contributed by atoms with Gasteiger partial charge in [0, 0.05) is 12.3 Å². The molecule has 1 aliphatic heterocycles. The number of carbonyl (C=O) groups is 3. The molecule has 44 heavy (non-hydrogen) atoms. The lowest BCUT2D eigenvalue weighted by molar-refractivity contribution is -0.179. The standard InChI is InChI=1S/C34H48O6.4CH4/c1-4-34(15-20-14-27(34)22-7-5-6-21(20)22)40-32(36)26-11-18-10-24(26)30(16(18)2)29-17(3)23-12-19(29)13-25(23)31(35)39-28-8-9-38-33(28)37;;;;/h16-30H,4-15H2,1-3H3;4*1H4. The number of fused-ring (bicyclic) bond motifs is 9. The van der Waals surface area contributed by atoms with Crippen LogP contribution >= 0.6 is 0 Å². The van der Waals surface area contributed by atoms with Gasteiger partial charge in [-0.2, -0.15) is 0 Å². The van der Waals surface area contributed by atoms with E-state index in [2.05, 4.69) is 20.8 Å². The van der Waals surface area contributed by atoms with Crippen molar-refractivity contribution in [2.75, 3.05) is 6.61 Å². The molecule has 1 heterocycles. The van der Waals surface area contributed by atoms with Crippen LogP contribution in [-0.2, 0) is 28.6 Å². The third-order valence-electron chi connectivity index (χ3n) is 14.7. The highest BCUT2D eigenvalue weighted by Gasteiger charge is 2.65. The topological polar surface area (TPSA) is 78.9 Å². The highest BCUT2D eigenvalue weighted by molar-refractivity contribution is 5.82. The molecule has 1 saturated heterocycles. The quantitative estimate of drug-likeness (QED) is 0.220. The Balaban J connectivity index is 0.00000110. The Kier molecular flexibility index (Phi) is 10.1. The zero-order valence-electron chi connectivity index (χ0n) is 24.6. The van der Waals surface area contributed by atoms with E-state index in [1.165, 1.54) is 32.1 Å². The molecule has 0 spiro atoms. The van der Waals surface area contributed by atoms with Crippen LogP contribution in [0.4, 0.5) is 0 Å². The first-order chi connectivity index (χ1) is 19.3. The molecule has 6 bridgehead atoms. The summed E-state index contributed by atoms with van der Waals surface area (Å²) in [7, 11) is 0.